The molecule has 1 aliphatic rings. The lowest BCUT2D eigenvalue weighted by atomic mass is 9.88. The van der Waals surface area contributed by atoms with Crippen LogP contribution in [0.1, 0.15) is 31.4 Å². The number of piperidine rings is 1. The molecule has 3 heteroatoms. The topological polar surface area (TPSA) is 30.5 Å². The van der Waals surface area contributed by atoms with Gasteiger partial charge in [0.25, 0.3) is 0 Å². The highest BCUT2D eigenvalue weighted by atomic mass is 16.7. The van der Waals surface area contributed by atoms with Gasteiger partial charge in [0.15, 0.2) is 5.79 Å². The highest BCUT2D eigenvalue weighted by molar-refractivity contribution is 5.22. The van der Waals surface area contributed by atoms with Gasteiger partial charge in [-0.2, -0.15) is 0 Å². The molecule has 2 atom stereocenters. The van der Waals surface area contributed by atoms with E-state index in [1.54, 1.807) is 14.2 Å². The van der Waals surface area contributed by atoms with Crippen LogP contribution in [-0.4, -0.2) is 26.0 Å². The smallest absolute Gasteiger partial charge is 0.187 e. The van der Waals surface area contributed by atoms with Gasteiger partial charge in [-0.05, 0) is 18.9 Å². The Labute approximate surface area is 103 Å². The van der Waals surface area contributed by atoms with Crippen LogP contribution in [0.2, 0.25) is 0 Å². The van der Waals surface area contributed by atoms with Crippen LogP contribution in [-0.2, 0) is 9.47 Å². The fourth-order valence-corrected chi connectivity index (χ4v) is 2.58. The molecule has 1 aromatic rings. The molecule has 2 unspecified atom stereocenters. The predicted molar refractivity (Wildman–Crippen MR) is 67.8 cm³/mol. The fraction of sp³-hybridized carbons (Fsp3) is 0.571. The maximum atomic E-state index is 5.66. The summed E-state index contributed by atoms with van der Waals surface area (Å²) in [7, 11) is 3.44. The molecule has 2 rings (SSSR count). The predicted octanol–water partition coefficient (Wildman–Crippen LogP) is 2.49. The molecule has 1 aromatic carbocycles. The maximum Gasteiger partial charge on any atom is 0.187 e. The molecule has 0 amide bonds. The van der Waals surface area contributed by atoms with E-state index in [4.69, 9.17) is 9.47 Å². The first-order valence-corrected chi connectivity index (χ1v) is 6.13. The lowest BCUT2D eigenvalue weighted by molar-refractivity contribution is -0.242. The summed E-state index contributed by atoms with van der Waals surface area (Å²) in [6, 6.07) is 10.9. The van der Waals surface area contributed by atoms with E-state index in [2.05, 4.69) is 24.4 Å². The third kappa shape index (κ3) is 2.37. The van der Waals surface area contributed by atoms with Gasteiger partial charge in [-0.15, -0.1) is 0 Å². The minimum atomic E-state index is -0.548. The summed E-state index contributed by atoms with van der Waals surface area (Å²) in [5.74, 6) is -0.548. The summed E-state index contributed by atoms with van der Waals surface area (Å²) in [4.78, 5) is 0. The third-order valence-electron chi connectivity index (χ3n) is 3.64. The van der Waals surface area contributed by atoms with Crippen molar-refractivity contribution in [3.05, 3.63) is 35.9 Å². The van der Waals surface area contributed by atoms with Crippen LogP contribution in [0, 0.1) is 0 Å². The quantitative estimate of drug-likeness (QED) is 0.816. The Balaban J connectivity index is 2.32. The number of benzene rings is 1. The average Bonchev–Trinajstić information content (AvgIpc) is 2.40. The zero-order valence-electron chi connectivity index (χ0n) is 10.8. The van der Waals surface area contributed by atoms with Crippen LogP contribution in [0.5, 0.6) is 0 Å². The van der Waals surface area contributed by atoms with Crippen molar-refractivity contribution in [3.8, 4) is 0 Å². The van der Waals surface area contributed by atoms with Crippen LogP contribution in [0.4, 0.5) is 0 Å². The fourth-order valence-electron chi connectivity index (χ4n) is 2.58. The monoisotopic (exact) mass is 235 g/mol. The number of hydrogen-bond acceptors (Lipinski definition) is 3. The molecule has 0 saturated carbocycles. The first kappa shape index (κ1) is 12.6. The van der Waals surface area contributed by atoms with E-state index in [0.717, 1.165) is 12.8 Å². The van der Waals surface area contributed by atoms with Crippen molar-refractivity contribution >= 4 is 0 Å². The molecule has 0 radical (unpaired) electrons. The molecule has 94 valence electrons. The zero-order valence-corrected chi connectivity index (χ0v) is 10.8. The maximum absolute atomic E-state index is 5.66. The Kier molecular flexibility index (Phi) is 3.82. The van der Waals surface area contributed by atoms with Gasteiger partial charge in [0, 0.05) is 26.7 Å². The molecule has 0 spiro atoms. The van der Waals surface area contributed by atoms with E-state index in [-0.39, 0.29) is 6.04 Å². The second kappa shape index (κ2) is 5.17. The van der Waals surface area contributed by atoms with E-state index in [1.165, 1.54) is 5.56 Å². The van der Waals surface area contributed by atoms with Crippen LogP contribution in [0.15, 0.2) is 30.3 Å². The number of nitrogens with one attached hydrogen (secondary N) is 1. The van der Waals surface area contributed by atoms with Crippen molar-refractivity contribution in [2.75, 3.05) is 14.2 Å². The van der Waals surface area contributed by atoms with Crippen LogP contribution in [0.3, 0.4) is 0 Å². The number of methoxy groups -OCH3 is 2. The largest absolute Gasteiger partial charge is 0.351 e. The van der Waals surface area contributed by atoms with Crippen LogP contribution >= 0.6 is 0 Å². The number of rotatable bonds is 3. The highest BCUT2D eigenvalue weighted by Crippen LogP contribution is 2.38. The van der Waals surface area contributed by atoms with Gasteiger partial charge in [-0.1, -0.05) is 30.3 Å². The van der Waals surface area contributed by atoms with E-state index in [9.17, 15) is 0 Å². The van der Waals surface area contributed by atoms with Gasteiger partial charge in [0.05, 0.1) is 6.04 Å². The molecular formula is C14H21NO2. The molecule has 1 saturated heterocycles. The Morgan fingerprint density at radius 2 is 1.82 bits per heavy atom. The SMILES string of the molecule is COC1(OC)CCC(C)NC1c1ccccc1. The second-order valence-electron chi connectivity index (χ2n) is 4.67. The molecular weight excluding hydrogens is 214 g/mol. The standard InChI is InChI=1S/C14H21NO2/c1-11-9-10-14(16-2,17-3)13(15-11)12-7-5-4-6-8-12/h4-8,11,13,15H,9-10H2,1-3H3. The molecule has 1 fully saturated rings. The van der Waals surface area contributed by atoms with Crippen molar-refractivity contribution in [1.29, 1.82) is 0 Å². The summed E-state index contributed by atoms with van der Waals surface area (Å²) in [5, 5.41) is 3.58. The molecule has 0 bridgehead atoms. The van der Waals surface area contributed by atoms with Crippen molar-refractivity contribution < 1.29 is 9.47 Å². The molecule has 1 aliphatic heterocycles. The first-order valence-electron chi connectivity index (χ1n) is 6.13. The summed E-state index contributed by atoms with van der Waals surface area (Å²) in [5.41, 5.74) is 1.21. The number of hydrogen-bond donors (Lipinski definition) is 1. The normalized spacial score (nSPS) is 27.9. The summed E-state index contributed by atoms with van der Waals surface area (Å²) in [6.07, 6.45) is 1.97. The van der Waals surface area contributed by atoms with Gasteiger partial charge in [0.1, 0.15) is 0 Å². The van der Waals surface area contributed by atoms with Gasteiger partial charge in [-0.3, -0.25) is 0 Å². The van der Waals surface area contributed by atoms with Gasteiger partial charge < -0.3 is 14.8 Å². The van der Waals surface area contributed by atoms with Crippen molar-refractivity contribution in [3.63, 3.8) is 0 Å². The summed E-state index contributed by atoms with van der Waals surface area (Å²) < 4.78 is 11.3. The van der Waals surface area contributed by atoms with E-state index < -0.39 is 5.79 Å². The van der Waals surface area contributed by atoms with Crippen LogP contribution in [0.25, 0.3) is 0 Å². The van der Waals surface area contributed by atoms with Gasteiger partial charge >= 0.3 is 0 Å². The van der Waals surface area contributed by atoms with Crippen molar-refractivity contribution in [2.45, 2.75) is 37.6 Å². The Morgan fingerprint density at radius 1 is 1.18 bits per heavy atom. The van der Waals surface area contributed by atoms with Gasteiger partial charge in [-0.25, -0.2) is 0 Å². The summed E-state index contributed by atoms with van der Waals surface area (Å²) >= 11 is 0. The zero-order chi connectivity index (χ0) is 12.3. The molecule has 0 aliphatic carbocycles. The molecule has 1 N–H and O–H groups in total. The minimum absolute atomic E-state index is 0.0856. The lowest BCUT2D eigenvalue weighted by Gasteiger charge is -2.44. The Bertz CT molecular complexity index is 348. The average molecular weight is 235 g/mol. The first-order chi connectivity index (χ1) is 8.22. The molecule has 17 heavy (non-hydrogen) atoms. The second-order valence-corrected chi connectivity index (χ2v) is 4.67. The minimum Gasteiger partial charge on any atom is -0.351 e. The third-order valence-corrected chi connectivity index (χ3v) is 3.64. The molecule has 1 heterocycles. The van der Waals surface area contributed by atoms with Crippen molar-refractivity contribution in [1.82, 2.24) is 5.32 Å². The lowest BCUT2D eigenvalue weighted by Crippen LogP contribution is -2.54. The highest BCUT2D eigenvalue weighted by Gasteiger charge is 2.43. The van der Waals surface area contributed by atoms with E-state index in [0.29, 0.717) is 6.04 Å². The number of ether oxygens (including phenoxy) is 2. The Hall–Kier alpha value is -0.900. The van der Waals surface area contributed by atoms with Gasteiger partial charge in [0.2, 0.25) is 0 Å². The van der Waals surface area contributed by atoms with Crippen molar-refractivity contribution in [2.24, 2.45) is 0 Å². The molecule has 3 nitrogen and oxygen atoms in total. The Morgan fingerprint density at radius 3 is 2.41 bits per heavy atom. The molecule has 0 aromatic heterocycles. The van der Waals surface area contributed by atoms with Crippen LogP contribution < -0.4 is 5.32 Å². The van der Waals surface area contributed by atoms with E-state index in [1.807, 2.05) is 18.2 Å². The van der Waals surface area contributed by atoms with E-state index >= 15 is 0 Å². The summed E-state index contributed by atoms with van der Waals surface area (Å²) in [6.45, 7) is 2.20.